The maximum absolute atomic E-state index is 5.71. The Morgan fingerprint density at radius 2 is 2.14 bits per heavy atom. The second-order valence-electron chi connectivity index (χ2n) is 4.02. The molecular formula is C14H21N2OPS3. The van der Waals surface area contributed by atoms with Gasteiger partial charge in [0.25, 0.3) is 0 Å². The molecule has 0 fully saturated rings. The standard InChI is InChI=1S/C14H21N2OPS3/c1-4-11-16(18(19,17-3)20-12-5-2)13-15-21-14-9-7-6-8-10-14/h4,6-10,13H,1,5,11-12H2,2-3H3. The van der Waals surface area contributed by atoms with E-state index in [0.29, 0.717) is 6.54 Å². The molecule has 0 radical (unpaired) electrons. The molecule has 0 amide bonds. The molecule has 0 saturated heterocycles. The number of hydrogen-bond donors (Lipinski definition) is 0. The molecule has 0 spiro atoms. The first-order valence-electron chi connectivity index (χ1n) is 6.60. The van der Waals surface area contributed by atoms with Crippen LogP contribution in [0.15, 0.2) is 52.3 Å². The van der Waals surface area contributed by atoms with Gasteiger partial charge in [-0.05, 0) is 30.4 Å². The minimum atomic E-state index is -2.12. The lowest BCUT2D eigenvalue weighted by Gasteiger charge is -2.30. The van der Waals surface area contributed by atoms with Gasteiger partial charge in [0.2, 0.25) is 5.62 Å². The van der Waals surface area contributed by atoms with Crippen molar-refractivity contribution in [1.82, 2.24) is 4.67 Å². The Hall–Kier alpha value is -0.260. The molecule has 1 atom stereocenters. The Morgan fingerprint density at radius 3 is 2.71 bits per heavy atom. The van der Waals surface area contributed by atoms with Gasteiger partial charge < -0.3 is 9.19 Å². The van der Waals surface area contributed by atoms with Crippen molar-refractivity contribution in [1.29, 1.82) is 0 Å². The summed E-state index contributed by atoms with van der Waals surface area (Å²) in [7, 11) is 1.68. The second-order valence-corrected chi connectivity index (χ2v) is 11.8. The van der Waals surface area contributed by atoms with Gasteiger partial charge in [0.1, 0.15) is 6.34 Å². The maximum atomic E-state index is 5.71. The van der Waals surface area contributed by atoms with Crippen LogP contribution in [0, 0.1) is 0 Å². The van der Waals surface area contributed by atoms with E-state index in [9.17, 15) is 0 Å². The summed E-state index contributed by atoms with van der Waals surface area (Å²) in [4.78, 5) is 1.10. The summed E-state index contributed by atoms with van der Waals surface area (Å²) in [6, 6.07) is 10.0. The highest BCUT2D eigenvalue weighted by Crippen LogP contribution is 2.61. The third kappa shape index (κ3) is 6.57. The zero-order chi connectivity index (χ0) is 15.6. The molecule has 0 aliphatic rings. The second kappa shape index (κ2) is 10.5. The van der Waals surface area contributed by atoms with Gasteiger partial charge in [-0.15, -0.1) is 6.58 Å². The molecule has 0 aliphatic heterocycles. The number of nitrogens with zero attached hydrogens (tertiary/aromatic N) is 2. The van der Waals surface area contributed by atoms with E-state index in [1.54, 1.807) is 24.8 Å². The highest BCUT2D eigenvalue weighted by atomic mass is 32.9. The lowest BCUT2D eigenvalue weighted by Crippen LogP contribution is -2.18. The van der Waals surface area contributed by atoms with E-state index in [0.717, 1.165) is 17.1 Å². The fraction of sp³-hybridized carbons (Fsp3) is 0.357. The summed E-state index contributed by atoms with van der Waals surface area (Å²) in [5.74, 6) is 0.985. The van der Waals surface area contributed by atoms with Crippen molar-refractivity contribution >= 4 is 47.1 Å². The summed E-state index contributed by atoms with van der Waals surface area (Å²) in [5, 5.41) is 0. The monoisotopic (exact) mass is 360 g/mol. The first-order valence-corrected chi connectivity index (χ1v) is 11.6. The normalized spacial score (nSPS) is 14.0. The average Bonchev–Trinajstić information content (AvgIpc) is 2.53. The molecule has 1 aromatic carbocycles. The van der Waals surface area contributed by atoms with E-state index in [4.69, 9.17) is 16.3 Å². The van der Waals surface area contributed by atoms with Crippen LogP contribution in [0.4, 0.5) is 0 Å². The average molecular weight is 361 g/mol. The zero-order valence-corrected chi connectivity index (χ0v) is 15.7. The van der Waals surface area contributed by atoms with Gasteiger partial charge in [-0.25, -0.2) is 4.40 Å². The largest absolute Gasteiger partial charge is 0.330 e. The third-order valence-electron chi connectivity index (χ3n) is 2.40. The molecule has 21 heavy (non-hydrogen) atoms. The van der Waals surface area contributed by atoms with Gasteiger partial charge in [-0.2, -0.15) is 0 Å². The Bertz CT molecular complexity index is 496. The molecule has 3 nitrogen and oxygen atoms in total. The predicted octanol–water partition coefficient (Wildman–Crippen LogP) is 5.22. The molecule has 0 N–H and O–H groups in total. The quantitative estimate of drug-likeness (QED) is 0.187. The van der Waals surface area contributed by atoms with Gasteiger partial charge in [0.15, 0.2) is 0 Å². The fourth-order valence-corrected chi connectivity index (χ4v) is 6.73. The van der Waals surface area contributed by atoms with Crippen molar-refractivity contribution < 1.29 is 4.52 Å². The zero-order valence-electron chi connectivity index (χ0n) is 12.3. The molecular weight excluding hydrogens is 339 g/mol. The Morgan fingerprint density at radius 1 is 1.43 bits per heavy atom. The van der Waals surface area contributed by atoms with E-state index in [1.165, 1.54) is 11.9 Å². The van der Waals surface area contributed by atoms with Crippen LogP contribution in [0.2, 0.25) is 0 Å². The van der Waals surface area contributed by atoms with Crippen LogP contribution in [0.25, 0.3) is 0 Å². The first kappa shape index (κ1) is 18.8. The molecule has 0 bridgehead atoms. The lowest BCUT2D eigenvalue weighted by atomic mass is 10.4. The molecule has 0 aromatic heterocycles. The van der Waals surface area contributed by atoms with Crippen LogP contribution < -0.4 is 0 Å². The number of rotatable bonds is 10. The Labute approximate surface area is 141 Å². The van der Waals surface area contributed by atoms with E-state index >= 15 is 0 Å². The SMILES string of the molecule is C=CCN(C=NSc1ccccc1)P(=S)(OC)SCCC. The van der Waals surface area contributed by atoms with E-state index < -0.39 is 5.62 Å². The van der Waals surface area contributed by atoms with Gasteiger partial charge in [0, 0.05) is 36.3 Å². The van der Waals surface area contributed by atoms with Crippen molar-refractivity contribution in [2.24, 2.45) is 4.40 Å². The molecule has 116 valence electrons. The first-order chi connectivity index (χ1) is 10.2. The predicted molar refractivity (Wildman–Crippen MR) is 102 cm³/mol. The minimum absolute atomic E-state index is 0.640. The van der Waals surface area contributed by atoms with Crippen molar-refractivity contribution in [3.8, 4) is 0 Å². The van der Waals surface area contributed by atoms with Crippen LogP contribution >= 0.6 is 28.9 Å². The van der Waals surface area contributed by atoms with Crippen molar-refractivity contribution in [3.05, 3.63) is 43.0 Å². The summed E-state index contributed by atoms with van der Waals surface area (Å²) >= 11 is 8.84. The van der Waals surface area contributed by atoms with E-state index in [1.807, 2.05) is 41.1 Å². The summed E-state index contributed by atoms with van der Waals surface area (Å²) in [6.07, 6.45) is 4.68. The number of benzene rings is 1. The van der Waals surface area contributed by atoms with Crippen LogP contribution in [0.3, 0.4) is 0 Å². The van der Waals surface area contributed by atoms with Gasteiger partial charge in [-0.3, -0.25) is 0 Å². The van der Waals surface area contributed by atoms with Crippen molar-refractivity contribution in [3.63, 3.8) is 0 Å². The smallest absolute Gasteiger partial charge is 0.213 e. The highest BCUT2D eigenvalue weighted by Gasteiger charge is 2.23. The Kier molecular flexibility index (Phi) is 9.36. The topological polar surface area (TPSA) is 24.8 Å². The van der Waals surface area contributed by atoms with Crippen molar-refractivity contribution in [2.75, 3.05) is 19.4 Å². The van der Waals surface area contributed by atoms with Gasteiger partial charge in [0.05, 0.1) is 0 Å². The van der Waals surface area contributed by atoms with E-state index in [2.05, 4.69) is 17.9 Å². The molecule has 0 saturated carbocycles. The van der Waals surface area contributed by atoms with Crippen LogP contribution in [-0.2, 0) is 16.3 Å². The Balaban J connectivity index is 2.75. The lowest BCUT2D eigenvalue weighted by molar-refractivity contribution is 0.442. The summed E-state index contributed by atoms with van der Waals surface area (Å²) in [5.41, 5.74) is -2.12. The summed E-state index contributed by atoms with van der Waals surface area (Å²) < 4.78 is 12.0. The van der Waals surface area contributed by atoms with Crippen LogP contribution in [-0.4, -0.2) is 30.4 Å². The molecule has 7 heteroatoms. The third-order valence-corrected chi connectivity index (χ3v) is 9.99. The molecule has 0 heterocycles. The fourth-order valence-electron chi connectivity index (χ4n) is 1.40. The number of hydrogen-bond acceptors (Lipinski definition) is 5. The van der Waals surface area contributed by atoms with Crippen LogP contribution in [0.5, 0.6) is 0 Å². The molecule has 1 unspecified atom stereocenters. The molecule has 1 aromatic rings. The van der Waals surface area contributed by atoms with Crippen LogP contribution in [0.1, 0.15) is 13.3 Å². The summed E-state index contributed by atoms with van der Waals surface area (Å²) in [6.45, 7) is 6.57. The van der Waals surface area contributed by atoms with Gasteiger partial charge in [-0.1, -0.05) is 42.6 Å². The highest BCUT2D eigenvalue weighted by molar-refractivity contribution is 8.68. The molecule has 0 aliphatic carbocycles. The van der Waals surface area contributed by atoms with Gasteiger partial charge >= 0.3 is 0 Å². The maximum Gasteiger partial charge on any atom is 0.213 e. The minimum Gasteiger partial charge on any atom is -0.330 e. The van der Waals surface area contributed by atoms with E-state index in [-0.39, 0.29) is 0 Å². The van der Waals surface area contributed by atoms with Crippen molar-refractivity contribution in [2.45, 2.75) is 18.2 Å². The molecule has 1 rings (SSSR count).